The molecule has 2 N–H and O–H groups in total. The molecule has 1 aliphatic rings. The summed E-state index contributed by atoms with van der Waals surface area (Å²) in [5, 5.41) is 23.2. The minimum Gasteiger partial charge on any atom is -0.481 e. The van der Waals surface area contributed by atoms with Gasteiger partial charge in [0, 0.05) is 12.1 Å². The summed E-state index contributed by atoms with van der Waals surface area (Å²) < 4.78 is 0. The number of nitrogens with one attached hydrogen (secondary N) is 1. The van der Waals surface area contributed by atoms with Crippen LogP contribution >= 0.6 is 0 Å². The first-order valence-electron chi connectivity index (χ1n) is 6.71. The number of aliphatic carboxylic acids is 1. The molecule has 0 bridgehead atoms. The highest BCUT2D eigenvalue weighted by Gasteiger charge is 2.28. The zero-order valence-electron chi connectivity index (χ0n) is 11.3. The number of carbonyl (C=O) groups is 1. The monoisotopic (exact) mass is 278 g/mol. The van der Waals surface area contributed by atoms with Crippen molar-refractivity contribution in [1.82, 2.24) is 0 Å². The van der Waals surface area contributed by atoms with E-state index in [-0.39, 0.29) is 17.6 Å². The van der Waals surface area contributed by atoms with Crippen LogP contribution in [0.2, 0.25) is 0 Å². The summed E-state index contributed by atoms with van der Waals surface area (Å²) in [4.78, 5) is 21.6. The first-order valence-corrected chi connectivity index (χ1v) is 6.71. The number of nitro groups is 1. The Morgan fingerprint density at radius 3 is 2.85 bits per heavy atom. The van der Waals surface area contributed by atoms with Crippen LogP contribution in [0.15, 0.2) is 18.2 Å². The zero-order chi connectivity index (χ0) is 14.7. The fourth-order valence-corrected chi connectivity index (χ4v) is 2.69. The van der Waals surface area contributed by atoms with Gasteiger partial charge in [0.1, 0.15) is 5.69 Å². The van der Waals surface area contributed by atoms with E-state index in [0.29, 0.717) is 18.5 Å². The Labute approximate surface area is 117 Å². The maximum Gasteiger partial charge on any atom is 0.306 e. The quantitative estimate of drug-likeness (QED) is 0.652. The van der Waals surface area contributed by atoms with Crippen molar-refractivity contribution in [2.24, 2.45) is 5.92 Å². The fraction of sp³-hybridized carbons (Fsp3) is 0.500. The smallest absolute Gasteiger partial charge is 0.306 e. The lowest BCUT2D eigenvalue weighted by molar-refractivity contribution is -0.384. The predicted octanol–water partition coefficient (Wildman–Crippen LogP) is 2.96. The Morgan fingerprint density at radius 2 is 2.20 bits per heavy atom. The van der Waals surface area contributed by atoms with Gasteiger partial charge in [-0.1, -0.05) is 12.5 Å². The highest BCUT2D eigenvalue weighted by atomic mass is 16.6. The molecule has 1 fully saturated rings. The Hall–Kier alpha value is -2.11. The van der Waals surface area contributed by atoms with Gasteiger partial charge in [0.25, 0.3) is 5.69 Å². The number of hydrogen-bond donors (Lipinski definition) is 2. The maximum absolute atomic E-state index is 11.0. The second-order valence-electron chi connectivity index (χ2n) is 5.32. The molecule has 1 aliphatic carbocycles. The topological polar surface area (TPSA) is 92.5 Å². The largest absolute Gasteiger partial charge is 0.481 e. The third-order valence-electron chi connectivity index (χ3n) is 3.73. The van der Waals surface area contributed by atoms with Crippen LogP contribution in [0.25, 0.3) is 0 Å². The number of hydrogen-bond acceptors (Lipinski definition) is 4. The number of benzene rings is 1. The summed E-state index contributed by atoms with van der Waals surface area (Å²) in [6.07, 6.45) is 2.87. The summed E-state index contributed by atoms with van der Waals surface area (Å²) in [5.74, 6) is -1.14. The number of aryl methyl sites for hydroxylation is 1. The van der Waals surface area contributed by atoms with Crippen molar-refractivity contribution < 1.29 is 14.8 Å². The van der Waals surface area contributed by atoms with Crippen LogP contribution in [0.4, 0.5) is 11.4 Å². The Morgan fingerprint density at radius 1 is 1.45 bits per heavy atom. The molecule has 0 heterocycles. The van der Waals surface area contributed by atoms with Crippen molar-refractivity contribution in [2.75, 3.05) is 5.32 Å². The third-order valence-corrected chi connectivity index (χ3v) is 3.73. The molecule has 0 aliphatic heterocycles. The summed E-state index contributed by atoms with van der Waals surface area (Å²) >= 11 is 0. The molecule has 6 nitrogen and oxygen atoms in total. The van der Waals surface area contributed by atoms with Gasteiger partial charge in [0.05, 0.1) is 10.8 Å². The highest BCUT2D eigenvalue weighted by molar-refractivity contribution is 5.70. The number of nitrogens with zero attached hydrogens (tertiary/aromatic N) is 1. The molecule has 0 aromatic heterocycles. The normalized spacial score (nSPS) is 22.2. The molecule has 20 heavy (non-hydrogen) atoms. The SMILES string of the molecule is Cc1ccc([N+](=O)[O-])c(NC2CCCC(C(=O)O)C2)c1. The Kier molecular flexibility index (Phi) is 4.22. The van der Waals surface area contributed by atoms with E-state index in [1.165, 1.54) is 6.07 Å². The van der Waals surface area contributed by atoms with Crippen molar-refractivity contribution in [3.8, 4) is 0 Å². The van der Waals surface area contributed by atoms with Gasteiger partial charge in [0.2, 0.25) is 0 Å². The molecular weight excluding hydrogens is 260 g/mol. The highest BCUT2D eigenvalue weighted by Crippen LogP contribution is 2.31. The summed E-state index contributed by atoms with van der Waals surface area (Å²) in [7, 11) is 0. The van der Waals surface area contributed by atoms with Gasteiger partial charge in [-0.3, -0.25) is 14.9 Å². The standard InChI is InChI=1S/C14H18N2O4/c1-9-5-6-13(16(19)20)12(7-9)15-11-4-2-3-10(8-11)14(17)18/h5-7,10-11,15H,2-4,8H2,1H3,(H,17,18). The van der Waals surface area contributed by atoms with Gasteiger partial charge in [-0.05, 0) is 37.8 Å². The van der Waals surface area contributed by atoms with Gasteiger partial charge < -0.3 is 10.4 Å². The van der Waals surface area contributed by atoms with E-state index in [4.69, 9.17) is 5.11 Å². The van der Waals surface area contributed by atoms with Crippen LogP contribution in [-0.2, 0) is 4.79 Å². The molecular formula is C14H18N2O4. The second kappa shape index (κ2) is 5.90. The van der Waals surface area contributed by atoms with Gasteiger partial charge >= 0.3 is 5.97 Å². The number of anilines is 1. The molecule has 1 saturated carbocycles. The van der Waals surface area contributed by atoms with E-state index < -0.39 is 10.9 Å². The summed E-state index contributed by atoms with van der Waals surface area (Å²) in [5.41, 5.74) is 1.45. The molecule has 0 radical (unpaired) electrons. The number of rotatable bonds is 4. The zero-order valence-corrected chi connectivity index (χ0v) is 11.3. The van der Waals surface area contributed by atoms with Gasteiger partial charge in [-0.15, -0.1) is 0 Å². The molecule has 6 heteroatoms. The van der Waals surface area contributed by atoms with E-state index in [1.807, 2.05) is 6.92 Å². The minimum absolute atomic E-state index is 0.0228. The van der Waals surface area contributed by atoms with Crippen molar-refractivity contribution >= 4 is 17.3 Å². The van der Waals surface area contributed by atoms with Gasteiger partial charge in [0.15, 0.2) is 0 Å². The van der Waals surface area contributed by atoms with Gasteiger partial charge in [-0.2, -0.15) is 0 Å². The fourth-order valence-electron chi connectivity index (χ4n) is 2.69. The van der Waals surface area contributed by atoms with E-state index in [2.05, 4.69) is 5.32 Å². The van der Waals surface area contributed by atoms with Crippen LogP contribution in [0.1, 0.15) is 31.2 Å². The van der Waals surface area contributed by atoms with Crippen LogP contribution in [0.5, 0.6) is 0 Å². The molecule has 108 valence electrons. The average molecular weight is 278 g/mol. The van der Waals surface area contributed by atoms with E-state index in [0.717, 1.165) is 18.4 Å². The lowest BCUT2D eigenvalue weighted by Crippen LogP contribution is -2.31. The van der Waals surface area contributed by atoms with Crippen LogP contribution in [0.3, 0.4) is 0 Å². The predicted molar refractivity (Wildman–Crippen MR) is 74.8 cm³/mol. The summed E-state index contributed by atoms with van der Waals surface area (Å²) in [6.45, 7) is 1.87. The van der Waals surface area contributed by atoms with E-state index in [9.17, 15) is 14.9 Å². The maximum atomic E-state index is 11.0. The lowest BCUT2D eigenvalue weighted by Gasteiger charge is -2.28. The van der Waals surface area contributed by atoms with Crippen molar-refractivity contribution in [1.29, 1.82) is 0 Å². The molecule has 0 spiro atoms. The van der Waals surface area contributed by atoms with E-state index in [1.54, 1.807) is 12.1 Å². The molecule has 1 aromatic rings. The Bertz CT molecular complexity index is 530. The number of nitro benzene ring substituents is 1. The molecule has 2 unspecified atom stereocenters. The van der Waals surface area contributed by atoms with E-state index >= 15 is 0 Å². The molecule has 1 aromatic carbocycles. The molecule has 0 amide bonds. The van der Waals surface area contributed by atoms with Crippen molar-refractivity contribution in [2.45, 2.75) is 38.6 Å². The lowest BCUT2D eigenvalue weighted by atomic mass is 9.85. The first-order chi connectivity index (χ1) is 9.47. The minimum atomic E-state index is -0.782. The first kappa shape index (κ1) is 14.3. The number of carboxylic acid groups (broad SMARTS) is 1. The molecule has 2 rings (SSSR count). The van der Waals surface area contributed by atoms with Crippen LogP contribution in [-0.4, -0.2) is 22.0 Å². The third kappa shape index (κ3) is 3.26. The Balaban J connectivity index is 2.15. The average Bonchev–Trinajstić information content (AvgIpc) is 2.38. The second-order valence-corrected chi connectivity index (χ2v) is 5.32. The van der Waals surface area contributed by atoms with Crippen molar-refractivity contribution in [3.63, 3.8) is 0 Å². The van der Waals surface area contributed by atoms with Crippen molar-refractivity contribution in [3.05, 3.63) is 33.9 Å². The van der Waals surface area contributed by atoms with Crippen LogP contribution in [0, 0.1) is 23.0 Å². The molecule has 0 saturated heterocycles. The van der Waals surface area contributed by atoms with Gasteiger partial charge in [-0.25, -0.2) is 0 Å². The van der Waals surface area contributed by atoms with Crippen LogP contribution < -0.4 is 5.32 Å². The summed E-state index contributed by atoms with van der Waals surface area (Å²) in [6, 6.07) is 4.90. The molecule has 2 atom stereocenters. The number of carboxylic acids is 1.